The molecule has 0 spiro atoms. The van der Waals surface area contributed by atoms with Gasteiger partial charge < -0.3 is 54.4 Å². The topological polar surface area (TPSA) is 298 Å². The van der Waals surface area contributed by atoms with Gasteiger partial charge in [0.05, 0.1) is 41.3 Å². The van der Waals surface area contributed by atoms with Gasteiger partial charge >= 0.3 is 5.97 Å². The molecule has 8 amide bonds. The third-order valence-electron chi connectivity index (χ3n) is 19.0. The van der Waals surface area contributed by atoms with E-state index in [0.29, 0.717) is 16.9 Å². The fourth-order valence-corrected chi connectivity index (χ4v) is 13.0. The zero-order valence-electron chi connectivity index (χ0n) is 61.5. The number of nitrogens with zero attached hydrogens (tertiary/aromatic N) is 9. The standard InChI is InChI=1S/C71H116N10O14/c1-25-47-35-58(84)62(63(86)44(14)33-59-73-50-27-26-48(71(94)95)34-51(50)75(59)18)81(24)70(93)61(43(12)13)80(23)69(92)55(31-41(8)9)79(22)68(91)54(30-40(6)7)78(21)65(88)46(16)72-64(87)45(15)32-56(82)53(29-39(4)5)77(20)67(90)49(42(10)11)36-57(83)52(28-38(2)3)76(19)60(85)37-74(17)66(47)89/h26-27,34,38-47,49,52-55,61-63,86H,25,28-33,35-37H2,1-24H3,(H,72,87)(H,94,95)/t44-,45-,46-,47-,49+,52+,53+,54+,55+,61+,62-,63-/m1/s1. The van der Waals surface area contributed by atoms with E-state index in [-0.39, 0.29) is 80.6 Å². The smallest absolute Gasteiger partial charge is 0.335 e. The number of imidazole rings is 1. The maximum absolute atomic E-state index is 15.5. The van der Waals surface area contributed by atoms with Crippen LogP contribution in [0.4, 0.5) is 0 Å². The van der Waals surface area contributed by atoms with Crippen molar-refractivity contribution in [2.45, 2.75) is 217 Å². The Balaban J connectivity index is 2.35. The molecule has 534 valence electrons. The second-order valence-electron chi connectivity index (χ2n) is 29.5. The first kappa shape index (κ1) is 82.1. The zero-order chi connectivity index (χ0) is 72.9. The summed E-state index contributed by atoms with van der Waals surface area (Å²) in [5.41, 5.74) is 1.01. The van der Waals surface area contributed by atoms with Crippen molar-refractivity contribution in [3.8, 4) is 0 Å². The third kappa shape index (κ3) is 21.2. The fourth-order valence-electron chi connectivity index (χ4n) is 13.0. The lowest BCUT2D eigenvalue weighted by molar-refractivity contribution is -0.157. The van der Waals surface area contributed by atoms with Crippen molar-refractivity contribution in [1.82, 2.24) is 49.2 Å². The molecule has 3 N–H and O–H groups in total. The number of aromatic carboxylic acids is 1. The van der Waals surface area contributed by atoms with Crippen LogP contribution in [-0.4, -0.2) is 229 Å². The number of Topliss-reactive ketones (excluding diaryl/α,β-unsaturated/α-hetero) is 3. The molecule has 12 atom stereocenters. The van der Waals surface area contributed by atoms with Gasteiger partial charge in [-0.3, -0.25) is 52.7 Å². The van der Waals surface area contributed by atoms with Crippen LogP contribution < -0.4 is 5.32 Å². The van der Waals surface area contributed by atoms with E-state index in [1.807, 2.05) is 55.4 Å². The maximum atomic E-state index is 15.5. The number of aromatic nitrogens is 2. The number of nitrogens with one attached hydrogen (secondary N) is 1. The van der Waals surface area contributed by atoms with Crippen molar-refractivity contribution in [2.24, 2.45) is 66.2 Å². The van der Waals surface area contributed by atoms with Crippen LogP contribution in [0.15, 0.2) is 18.2 Å². The van der Waals surface area contributed by atoms with Gasteiger partial charge in [-0.1, -0.05) is 104 Å². The summed E-state index contributed by atoms with van der Waals surface area (Å²) in [5, 5.41) is 25.2. The molecule has 2 aromatic rings. The average Bonchev–Trinajstić information content (AvgIpc) is 1.77. The number of aliphatic hydroxyl groups is 1. The number of aryl methyl sites for hydroxylation is 1. The molecule has 24 heteroatoms. The van der Waals surface area contributed by atoms with Crippen molar-refractivity contribution in [3.05, 3.63) is 29.6 Å². The molecule has 95 heavy (non-hydrogen) atoms. The first-order chi connectivity index (χ1) is 43.9. The summed E-state index contributed by atoms with van der Waals surface area (Å²) in [6.45, 7) is 27.9. The minimum atomic E-state index is -1.66. The first-order valence-electron chi connectivity index (χ1n) is 34.0. The Morgan fingerprint density at radius 3 is 1.49 bits per heavy atom. The normalized spacial score (nSPS) is 25.5. The highest BCUT2D eigenvalue weighted by Gasteiger charge is 2.46. The molecule has 0 bridgehead atoms. The SMILES string of the molecule is CC[C@@H]1CC(=O)[C@H]([C@H](O)[C@H](C)Cc2nc3ccc(C(=O)O)cc3n2C)N(C)C(=O)[C@H](C(C)C)N(C)C(=O)[C@H](CC(C)C)N(C)C(=O)[C@H](CC(C)C)N(C)C(=O)[C@@H](C)NC(=O)[C@H](C)CC(=O)[C@H](CC(C)C)N(C)C(=O)[C@H](C(C)C)CC(=O)[C@H](CC(C)C)N(C)C(=O)CN(C)C1=O. The van der Waals surface area contributed by atoms with Gasteiger partial charge in [0.1, 0.15) is 36.0 Å². The van der Waals surface area contributed by atoms with E-state index in [9.17, 15) is 48.6 Å². The lowest BCUT2D eigenvalue weighted by Crippen LogP contribution is -2.62. The highest BCUT2D eigenvalue weighted by molar-refractivity contribution is 6.00. The second-order valence-corrected chi connectivity index (χ2v) is 29.5. The number of hydrogen-bond acceptors (Lipinski definition) is 14. The van der Waals surface area contributed by atoms with Crippen LogP contribution in [0.1, 0.15) is 178 Å². The number of likely N-dealkylation sites (N-methyl/N-ethyl adjacent to an activating group) is 7. The van der Waals surface area contributed by atoms with Gasteiger partial charge in [0.25, 0.3) is 0 Å². The van der Waals surface area contributed by atoms with E-state index < -0.39 is 167 Å². The summed E-state index contributed by atoms with van der Waals surface area (Å²) in [6.07, 6.45) is -1.94. The fraction of sp³-hybridized carbons (Fsp3) is 0.732. The number of carbonyl (C=O) groups excluding carboxylic acids is 11. The quantitative estimate of drug-likeness (QED) is 0.164. The van der Waals surface area contributed by atoms with Gasteiger partial charge in [-0.05, 0) is 98.7 Å². The molecule has 1 aliphatic heterocycles. The van der Waals surface area contributed by atoms with E-state index in [4.69, 9.17) is 4.98 Å². The van der Waals surface area contributed by atoms with Crippen LogP contribution in [-0.2, 0) is 66.2 Å². The maximum Gasteiger partial charge on any atom is 0.335 e. The molecule has 0 radical (unpaired) electrons. The number of carboxylic acid groups (broad SMARTS) is 1. The molecule has 1 aromatic carbocycles. The number of rotatable bonds is 16. The average molecular weight is 1330 g/mol. The number of carbonyl (C=O) groups is 12. The summed E-state index contributed by atoms with van der Waals surface area (Å²) in [7, 11) is 11.8. The van der Waals surface area contributed by atoms with Crippen LogP contribution >= 0.6 is 0 Å². The van der Waals surface area contributed by atoms with Crippen molar-refractivity contribution in [3.63, 3.8) is 0 Å². The van der Waals surface area contributed by atoms with Crippen molar-refractivity contribution in [2.75, 3.05) is 55.9 Å². The lowest BCUT2D eigenvalue weighted by Gasteiger charge is -2.41. The van der Waals surface area contributed by atoms with Crippen LogP contribution in [0.5, 0.6) is 0 Å². The monoisotopic (exact) mass is 1330 g/mol. The Morgan fingerprint density at radius 2 is 1.01 bits per heavy atom. The highest BCUT2D eigenvalue weighted by Crippen LogP contribution is 2.30. The minimum Gasteiger partial charge on any atom is -0.478 e. The second kappa shape index (κ2) is 35.8. The molecular formula is C71H116N10O14. The molecule has 1 aliphatic rings. The summed E-state index contributed by atoms with van der Waals surface area (Å²) in [6, 6.07) is -4.09. The van der Waals surface area contributed by atoms with E-state index in [1.165, 1.54) is 97.8 Å². The van der Waals surface area contributed by atoms with Crippen molar-refractivity contribution >= 4 is 81.6 Å². The van der Waals surface area contributed by atoms with Gasteiger partial charge in [0.15, 0.2) is 17.3 Å². The predicted octanol–water partition coefficient (Wildman–Crippen LogP) is 6.40. The molecule has 0 unspecified atom stereocenters. The summed E-state index contributed by atoms with van der Waals surface area (Å²) < 4.78 is 1.68. The molecule has 0 aliphatic carbocycles. The Morgan fingerprint density at radius 1 is 0.547 bits per heavy atom. The predicted molar refractivity (Wildman–Crippen MR) is 364 cm³/mol. The molecule has 1 saturated heterocycles. The third-order valence-corrected chi connectivity index (χ3v) is 19.0. The van der Waals surface area contributed by atoms with Gasteiger partial charge in [-0.15, -0.1) is 0 Å². The molecule has 1 fully saturated rings. The zero-order valence-corrected chi connectivity index (χ0v) is 61.5. The summed E-state index contributed by atoms with van der Waals surface area (Å²) in [4.78, 5) is 188. The molecule has 24 nitrogen and oxygen atoms in total. The van der Waals surface area contributed by atoms with E-state index >= 15 is 19.2 Å². The van der Waals surface area contributed by atoms with E-state index in [0.717, 1.165) is 4.90 Å². The van der Waals surface area contributed by atoms with Crippen LogP contribution in [0.3, 0.4) is 0 Å². The highest BCUT2D eigenvalue weighted by atomic mass is 16.4. The molecule has 0 saturated carbocycles. The first-order valence-corrected chi connectivity index (χ1v) is 34.0. The molecule has 3 rings (SSSR count). The minimum absolute atomic E-state index is 0.0230. The number of ketones is 3. The molecular weight excluding hydrogens is 1220 g/mol. The molecule has 1 aromatic heterocycles. The van der Waals surface area contributed by atoms with Crippen molar-refractivity contribution in [1.29, 1.82) is 0 Å². The van der Waals surface area contributed by atoms with Crippen LogP contribution in [0, 0.1) is 59.2 Å². The number of fused-ring (bicyclic) bond motifs is 1. The molecule has 2 heterocycles. The van der Waals surface area contributed by atoms with Gasteiger partial charge in [-0.25, -0.2) is 9.78 Å². The van der Waals surface area contributed by atoms with Crippen molar-refractivity contribution < 1.29 is 67.7 Å². The summed E-state index contributed by atoms with van der Waals surface area (Å²) in [5.74, 6) is -12.6. The number of hydrogen-bond donors (Lipinski definition) is 3. The number of carboxylic acids is 1. The number of benzene rings is 1. The number of aliphatic hydroxyl groups excluding tert-OH is 1. The number of amides is 8. The van der Waals surface area contributed by atoms with Crippen LogP contribution in [0.25, 0.3) is 11.0 Å². The Bertz CT molecular complexity index is 3060. The Kier molecular flexibility index (Phi) is 30.9. The van der Waals surface area contributed by atoms with Gasteiger partial charge in [-0.2, -0.15) is 0 Å². The van der Waals surface area contributed by atoms with Gasteiger partial charge in [0.2, 0.25) is 47.3 Å². The Hall–Kier alpha value is -7.11. The largest absolute Gasteiger partial charge is 0.478 e. The summed E-state index contributed by atoms with van der Waals surface area (Å²) >= 11 is 0. The van der Waals surface area contributed by atoms with E-state index in [2.05, 4.69) is 5.32 Å². The van der Waals surface area contributed by atoms with Gasteiger partial charge in [0, 0.05) is 99.8 Å². The Labute approximate surface area is 564 Å². The van der Waals surface area contributed by atoms with Crippen LogP contribution in [0.2, 0.25) is 0 Å². The lowest BCUT2D eigenvalue weighted by atomic mass is 9.84. The van der Waals surface area contributed by atoms with E-state index in [1.54, 1.807) is 66.1 Å².